The summed E-state index contributed by atoms with van der Waals surface area (Å²) in [7, 11) is 0. The summed E-state index contributed by atoms with van der Waals surface area (Å²) in [5, 5.41) is 17.7. The first-order valence-corrected chi connectivity index (χ1v) is 6.34. The van der Waals surface area contributed by atoms with Crippen LogP contribution < -0.4 is 0 Å². The minimum atomic E-state index is -1.36. The molecule has 4 nitrogen and oxygen atoms in total. The summed E-state index contributed by atoms with van der Waals surface area (Å²) in [6.07, 6.45) is 0.0904. The van der Waals surface area contributed by atoms with Crippen molar-refractivity contribution in [2.75, 3.05) is 0 Å². The van der Waals surface area contributed by atoms with Gasteiger partial charge in [-0.05, 0) is 42.5 Å². The summed E-state index contributed by atoms with van der Waals surface area (Å²) in [4.78, 5) is 21.7. The second-order valence-corrected chi connectivity index (χ2v) is 5.28. The molecule has 0 saturated heterocycles. The van der Waals surface area contributed by atoms with Crippen molar-refractivity contribution in [3.8, 4) is 0 Å². The number of hydrogen-bond donors (Lipinski definition) is 2. The number of halogens is 1. The molecule has 0 heterocycles. The molecule has 0 aromatic heterocycles. The maximum absolute atomic E-state index is 10.9. The van der Waals surface area contributed by atoms with Crippen LogP contribution in [-0.2, 0) is 9.59 Å². The number of aliphatic carboxylic acids is 2. The second-order valence-electron chi connectivity index (χ2n) is 4.37. The normalized spacial score (nSPS) is 12.4. The maximum Gasteiger partial charge on any atom is 0.317 e. The number of benzene rings is 1. The molecule has 0 amide bonds. The van der Waals surface area contributed by atoms with Crippen molar-refractivity contribution in [1.29, 1.82) is 0 Å². The van der Waals surface area contributed by atoms with Gasteiger partial charge in [0.2, 0.25) is 0 Å². The molecule has 0 bridgehead atoms. The fourth-order valence-electron chi connectivity index (χ4n) is 1.98. The van der Waals surface area contributed by atoms with Crippen molar-refractivity contribution in [2.45, 2.75) is 26.2 Å². The van der Waals surface area contributed by atoms with Gasteiger partial charge in [-0.2, -0.15) is 0 Å². The van der Waals surface area contributed by atoms with Crippen molar-refractivity contribution in [3.05, 3.63) is 33.8 Å². The van der Waals surface area contributed by atoms with Crippen LogP contribution in [0.25, 0.3) is 0 Å². The van der Waals surface area contributed by atoms with Crippen LogP contribution in [0, 0.1) is 12.8 Å². The average molecular weight is 315 g/mol. The van der Waals surface area contributed by atoms with Gasteiger partial charge in [0, 0.05) is 4.47 Å². The molecule has 5 heteroatoms. The third-order valence-corrected chi connectivity index (χ3v) is 3.44. The van der Waals surface area contributed by atoms with E-state index in [1.165, 1.54) is 0 Å². The Morgan fingerprint density at radius 2 is 1.83 bits per heavy atom. The van der Waals surface area contributed by atoms with E-state index in [2.05, 4.69) is 15.9 Å². The first kappa shape index (κ1) is 14.7. The zero-order valence-electron chi connectivity index (χ0n) is 10.2. The van der Waals surface area contributed by atoms with Crippen LogP contribution >= 0.6 is 15.9 Å². The van der Waals surface area contributed by atoms with Gasteiger partial charge in [-0.1, -0.05) is 28.9 Å². The van der Waals surface area contributed by atoms with Gasteiger partial charge in [-0.3, -0.25) is 9.59 Å². The maximum atomic E-state index is 10.9. The molecule has 0 unspecified atom stereocenters. The summed E-state index contributed by atoms with van der Waals surface area (Å²) in [6, 6.07) is 5.70. The predicted octanol–water partition coefficient (Wildman–Crippen LogP) is 3.04. The van der Waals surface area contributed by atoms with Gasteiger partial charge < -0.3 is 10.2 Å². The monoisotopic (exact) mass is 314 g/mol. The van der Waals surface area contributed by atoms with Crippen LogP contribution in [-0.4, -0.2) is 22.2 Å². The topological polar surface area (TPSA) is 74.6 Å². The molecule has 98 valence electrons. The Balaban J connectivity index is 2.90. The fourth-order valence-corrected chi connectivity index (χ4v) is 2.46. The standard InChI is InChI=1S/C13H15BrO4/c1-7-5-9(14)3-4-10(7)8(2)6-11(12(15)16)13(17)18/h3-5,8,11H,6H2,1-2H3,(H,15,16)(H,17,18)/t8-/m0/s1. The third-order valence-electron chi connectivity index (χ3n) is 2.95. The molecule has 1 aromatic rings. The Hall–Kier alpha value is -1.36. The van der Waals surface area contributed by atoms with Crippen molar-refractivity contribution in [1.82, 2.24) is 0 Å². The first-order valence-electron chi connectivity index (χ1n) is 5.54. The SMILES string of the molecule is Cc1cc(Br)ccc1[C@@H](C)CC(C(=O)O)C(=O)O. The molecule has 0 aliphatic rings. The quantitative estimate of drug-likeness (QED) is 0.819. The van der Waals surface area contributed by atoms with E-state index in [0.29, 0.717) is 0 Å². The Bertz CT molecular complexity index is 456. The summed E-state index contributed by atoms with van der Waals surface area (Å²) in [5.74, 6) is -4.05. The molecule has 1 aromatic carbocycles. The van der Waals surface area contributed by atoms with Crippen LogP contribution in [0.5, 0.6) is 0 Å². The minimum absolute atomic E-state index is 0.0904. The van der Waals surface area contributed by atoms with Gasteiger partial charge in [-0.25, -0.2) is 0 Å². The highest BCUT2D eigenvalue weighted by Gasteiger charge is 2.28. The molecule has 0 saturated carbocycles. The van der Waals surface area contributed by atoms with E-state index < -0.39 is 17.9 Å². The first-order chi connectivity index (χ1) is 8.32. The lowest BCUT2D eigenvalue weighted by Crippen LogP contribution is -2.25. The highest BCUT2D eigenvalue weighted by molar-refractivity contribution is 9.10. The second kappa shape index (κ2) is 6.00. The summed E-state index contributed by atoms with van der Waals surface area (Å²) in [5.41, 5.74) is 2.00. The zero-order valence-corrected chi connectivity index (χ0v) is 11.8. The third kappa shape index (κ3) is 3.57. The molecule has 1 atom stereocenters. The van der Waals surface area contributed by atoms with E-state index in [1.54, 1.807) is 0 Å². The number of rotatable bonds is 5. The Kier molecular flexibility index (Phi) is 4.90. The highest BCUT2D eigenvalue weighted by atomic mass is 79.9. The van der Waals surface area contributed by atoms with Crippen LogP contribution in [0.15, 0.2) is 22.7 Å². The number of carboxylic acids is 2. The van der Waals surface area contributed by atoms with Gasteiger partial charge in [0.15, 0.2) is 5.92 Å². The van der Waals surface area contributed by atoms with E-state index in [4.69, 9.17) is 10.2 Å². The zero-order chi connectivity index (χ0) is 13.9. The van der Waals surface area contributed by atoms with Crippen molar-refractivity contribution < 1.29 is 19.8 Å². The number of hydrogen-bond acceptors (Lipinski definition) is 2. The Morgan fingerprint density at radius 3 is 2.28 bits per heavy atom. The van der Waals surface area contributed by atoms with Crippen LogP contribution in [0.2, 0.25) is 0 Å². The average Bonchev–Trinajstić information content (AvgIpc) is 2.24. The largest absolute Gasteiger partial charge is 0.481 e. The predicted molar refractivity (Wildman–Crippen MR) is 70.7 cm³/mol. The van der Waals surface area contributed by atoms with E-state index in [9.17, 15) is 9.59 Å². The van der Waals surface area contributed by atoms with Crippen LogP contribution in [0.1, 0.15) is 30.4 Å². The lowest BCUT2D eigenvalue weighted by atomic mass is 9.88. The summed E-state index contributed by atoms with van der Waals surface area (Å²) in [6.45, 7) is 3.77. The minimum Gasteiger partial charge on any atom is -0.481 e. The Morgan fingerprint density at radius 1 is 1.28 bits per heavy atom. The number of carboxylic acid groups (broad SMARTS) is 2. The smallest absolute Gasteiger partial charge is 0.317 e. The Labute approximate surface area is 114 Å². The van der Waals surface area contributed by atoms with Gasteiger partial charge in [-0.15, -0.1) is 0 Å². The van der Waals surface area contributed by atoms with E-state index in [1.807, 2.05) is 32.0 Å². The molecule has 18 heavy (non-hydrogen) atoms. The lowest BCUT2D eigenvalue weighted by molar-refractivity contribution is -0.154. The van der Waals surface area contributed by atoms with E-state index >= 15 is 0 Å². The molecule has 0 aliphatic heterocycles. The van der Waals surface area contributed by atoms with E-state index in [-0.39, 0.29) is 12.3 Å². The van der Waals surface area contributed by atoms with Gasteiger partial charge in [0.1, 0.15) is 0 Å². The molecule has 0 aliphatic carbocycles. The number of carbonyl (C=O) groups is 2. The molecular weight excluding hydrogens is 300 g/mol. The van der Waals surface area contributed by atoms with Gasteiger partial charge in [0.25, 0.3) is 0 Å². The van der Waals surface area contributed by atoms with E-state index in [0.717, 1.165) is 15.6 Å². The van der Waals surface area contributed by atoms with Gasteiger partial charge in [0.05, 0.1) is 0 Å². The molecular formula is C13H15BrO4. The van der Waals surface area contributed by atoms with Crippen molar-refractivity contribution in [3.63, 3.8) is 0 Å². The molecule has 2 N–H and O–H groups in total. The molecule has 0 fully saturated rings. The molecule has 1 rings (SSSR count). The van der Waals surface area contributed by atoms with Crippen molar-refractivity contribution in [2.24, 2.45) is 5.92 Å². The lowest BCUT2D eigenvalue weighted by Gasteiger charge is -2.17. The fraction of sp³-hybridized carbons (Fsp3) is 0.385. The summed E-state index contributed by atoms with van der Waals surface area (Å²) >= 11 is 3.35. The molecule has 0 radical (unpaired) electrons. The number of aryl methyl sites for hydroxylation is 1. The highest BCUT2D eigenvalue weighted by Crippen LogP contribution is 2.28. The van der Waals surface area contributed by atoms with Gasteiger partial charge >= 0.3 is 11.9 Å². The van der Waals surface area contributed by atoms with Crippen LogP contribution in [0.3, 0.4) is 0 Å². The summed E-state index contributed by atoms with van der Waals surface area (Å²) < 4.78 is 0.948. The molecule has 0 spiro atoms. The van der Waals surface area contributed by atoms with Crippen LogP contribution in [0.4, 0.5) is 0 Å². The van der Waals surface area contributed by atoms with Crippen molar-refractivity contribution >= 4 is 27.9 Å².